The lowest BCUT2D eigenvalue weighted by molar-refractivity contribution is 0.269. The maximum Gasteiger partial charge on any atom is 0.0845 e. The maximum absolute atomic E-state index is 4.99. The van der Waals surface area contributed by atoms with Crippen molar-refractivity contribution in [2.24, 2.45) is 0 Å². The summed E-state index contributed by atoms with van der Waals surface area (Å²) >= 11 is 0. The van der Waals surface area contributed by atoms with E-state index in [0.29, 0.717) is 0 Å². The van der Waals surface area contributed by atoms with Crippen LogP contribution in [0.25, 0.3) is 0 Å². The molecule has 1 nitrogen and oxygen atoms in total. The highest BCUT2D eigenvalue weighted by atomic mass is 16.5. The van der Waals surface area contributed by atoms with Gasteiger partial charge in [0.25, 0.3) is 0 Å². The summed E-state index contributed by atoms with van der Waals surface area (Å²) in [7, 11) is 0. The van der Waals surface area contributed by atoms with Gasteiger partial charge in [0.05, 0.1) is 12.9 Å². The molecule has 0 radical (unpaired) electrons. The molecular weight excluding hydrogens is 112 g/mol. The van der Waals surface area contributed by atoms with Crippen LogP contribution in [-0.4, -0.2) is 6.61 Å². The van der Waals surface area contributed by atoms with Crippen LogP contribution in [0.15, 0.2) is 24.0 Å². The van der Waals surface area contributed by atoms with Crippen molar-refractivity contribution in [3.8, 4) is 0 Å². The van der Waals surface area contributed by atoms with Crippen molar-refractivity contribution in [1.29, 1.82) is 0 Å². The molecule has 1 rings (SSSR count). The molecule has 0 atom stereocenters. The van der Waals surface area contributed by atoms with Gasteiger partial charge < -0.3 is 4.74 Å². The first-order valence-electron chi connectivity index (χ1n) is 3.39. The van der Waals surface area contributed by atoms with Gasteiger partial charge in [-0.3, -0.25) is 0 Å². The first-order chi connectivity index (χ1) is 4.43. The largest absolute Gasteiger partial charge is 0.501 e. The minimum Gasteiger partial charge on any atom is -0.501 e. The number of hydrogen-bond donors (Lipinski definition) is 0. The molecule has 50 valence electrons. The van der Waals surface area contributed by atoms with Crippen LogP contribution in [0.2, 0.25) is 0 Å². The fourth-order valence-corrected chi connectivity index (χ4v) is 0.566. The van der Waals surface area contributed by atoms with E-state index in [0.717, 1.165) is 6.61 Å². The average Bonchev–Trinajstić information content (AvgIpc) is 2.63. The zero-order valence-corrected chi connectivity index (χ0v) is 5.76. The van der Waals surface area contributed by atoms with Crippen LogP contribution in [-0.2, 0) is 4.74 Å². The molecule has 0 aromatic heterocycles. The molecule has 1 fully saturated rings. The van der Waals surface area contributed by atoms with E-state index < -0.39 is 0 Å². The van der Waals surface area contributed by atoms with Gasteiger partial charge in [-0.1, -0.05) is 11.6 Å². The van der Waals surface area contributed by atoms with Crippen molar-refractivity contribution in [1.82, 2.24) is 0 Å². The maximum atomic E-state index is 4.99. The van der Waals surface area contributed by atoms with Gasteiger partial charge in [-0.2, -0.15) is 0 Å². The fourth-order valence-electron chi connectivity index (χ4n) is 0.566. The highest BCUT2D eigenvalue weighted by Crippen LogP contribution is 2.27. The molecule has 1 aliphatic rings. The standard InChI is InChI=1S/C8H12O/c1-2-9-7-3-4-8-5-6-8/h3-4,7H,2,5-6H2,1H3/b7-3+. The molecule has 1 saturated carbocycles. The SMILES string of the molecule is CCO/C=C/C=C1CC1. The van der Waals surface area contributed by atoms with E-state index in [1.54, 1.807) is 6.26 Å². The topological polar surface area (TPSA) is 9.23 Å². The van der Waals surface area contributed by atoms with Crippen LogP contribution in [0.4, 0.5) is 0 Å². The van der Waals surface area contributed by atoms with Crippen LogP contribution >= 0.6 is 0 Å². The molecule has 1 heteroatoms. The second kappa shape index (κ2) is 3.33. The third kappa shape index (κ3) is 2.96. The average molecular weight is 124 g/mol. The van der Waals surface area contributed by atoms with Crippen molar-refractivity contribution in [3.05, 3.63) is 24.0 Å². The van der Waals surface area contributed by atoms with Crippen LogP contribution in [0.5, 0.6) is 0 Å². The number of rotatable bonds is 3. The van der Waals surface area contributed by atoms with Gasteiger partial charge in [-0.25, -0.2) is 0 Å². The van der Waals surface area contributed by atoms with Gasteiger partial charge in [0.1, 0.15) is 0 Å². The van der Waals surface area contributed by atoms with Crippen LogP contribution in [0.3, 0.4) is 0 Å². The van der Waals surface area contributed by atoms with E-state index in [2.05, 4.69) is 6.08 Å². The Balaban J connectivity index is 2.08. The van der Waals surface area contributed by atoms with E-state index in [4.69, 9.17) is 4.74 Å². The lowest BCUT2D eigenvalue weighted by atomic mass is 10.5. The molecule has 0 unspecified atom stereocenters. The molecule has 0 aliphatic heterocycles. The summed E-state index contributed by atoms with van der Waals surface area (Å²) in [6.07, 6.45) is 8.40. The third-order valence-electron chi connectivity index (χ3n) is 1.21. The zero-order chi connectivity index (χ0) is 6.53. The summed E-state index contributed by atoms with van der Waals surface area (Å²) in [4.78, 5) is 0. The molecule has 0 amide bonds. The Morgan fingerprint density at radius 2 is 2.33 bits per heavy atom. The summed E-state index contributed by atoms with van der Waals surface area (Å²) in [6.45, 7) is 2.74. The van der Waals surface area contributed by atoms with Gasteiger partial charge in [-0.05, 0) is 25.8 Å². The monoisotopic (exact) mass is 124 g/mol. The van der Waals surface area contributed by atoms with Crippen molar-refractivity contribution in [2.45, 2.75) is 19.8 Å². The minimum atomic E-state index is 0.764. The second-order valence-electron chi connectivity index (χ2n) is 2.11. The Hall–Kier alpha value is -0.720. The van der Waals surface area contributed by atoms with E-state index in [1.165, 1.54) is 18.4 Å². The lowest BCUT2D eigenvalue weighted by Gasteiger charge is -1.87. The summed E-state index contributed by atoms with van der Waals surface area (Å²) in [5, 5.41) is 0. The summed E-state index contributed by atoms with van der Waals surface area (Å²) in [5.41, 5.74) is 1.53. The van der Waals surface area contributed by atoms with Crippen LogP contribution < -0.4 is 0 Å². The quantitative estimate of drug-likeness (QED) is 0.524. The Morgan fingerprint density at radius 1 is 1.56 bits per heavy atom. The smallest absolute Gasteiger partial charge is 0.0845 e. The Labute approximate surface area is 56.0 Å². The first kappa shape index (κ1) is 6.40. The van der Waals surface area contributed by atoms with Gasteiger partial charge in [0.15, 0.2) is 0 Å². The lowest BCUT2D eigenvalue weighted by Crippen LogP contribution is -1.74. The summed E-state index contributed by atoms with van der Waals surface area (Å²) < 4.78 is 4.99. The predicted molar refractivity (Wildman–Crippen MR) is 38.1 cm³/mol. The normalized spacial score (nSPS) is 16.3. The number of allylic oxidation sites excluding steroid dienone is 3. The van der Waals surface area contributed by atoms with Crippen molar-refractivity contribution < 1.29 is 4.74 Å². The number of hydrogen-bond acceptors (Lipinski definition) is 1. The fraction of sp³-hybridized carbons (Fsp3) is 0.500. The van der Waals surface area contributed by atoms with Gasteiger partial charge in [0.2, 0.25) is 0 Å². The highest BCUT2D eigenvalue weighted by molar-refractivity contribution is 5.21. The molecule has 9 heavy (non-hydrogen) atoms. The molecule has 0 saturated heterocycles. The van der Waals surface area contributed by atoms with Crippen molar-refractivity contribution >= 4 is 0 Å². The Kier molecular flexibility index (Phi) is 2.37. The first-order valence-corrected chi connectivity index (χ1v) is 3.39. The van der Waals surface area contributed by atoms with Gasteiger partial charge in [-0.15, -0.1) is 0 Å². The molecule has 0 aromatic carbocycles. The van der Waals surface area contributed by atoms with E-state index in [-0.39, 0.29) is 0 Å². The van der Waals surface area contributed by atoms with E-state index in [1.807, 2.05) is 13.0 Å². The van der Waals surface area contributed by atoms with Gasteiger partial charge >= 0.3 is 0 Å². The van der Waals surface area contributed by atoms with Crippen molar-refractivity contribution in [2.75, 3.05) is 6.61 Å². The van der Waals surface area contributed by atoms with Crippen LogP contribution in [0, 0.1) is 0 Å². The van der Waals surface area contributed by atoms with E-state index >= 15 is 0 Å². The Bertz CT molecular complexity index is 128. The minimum absolute atomic E-state index is 0.764. The summed E-state index contributed by atoms with van der Waals surface area (Å²) in [6, 6.07) is 0. The molecule has 0 spiro atoms. The highest BCUT2D eigenvalue weighted by Gasteiger charge is 2.07. The van der Waals surface area contributed by atoms with Gasteiger partial charge in [0, 0.05) is 0 Å². The molecule has 0 heterocycles. The molecule has 0 bridgehead atoms. The zero-order valence-electron chi connectivity index (χ0n) is 5.76. The molecule has 0 N–H and O–H groups in total. The predicted octanol–water partition coefficient (Wildman–Crippen LogP) is 2.26. The van der Waals surface area contributed by atoms with Crippen molar-refractivity contribution in [3.63, 3.8) is 0 Å². The third-order valence-corrected chi connectivity index (χ3v) is 1.21. The Morgan fingerprint density at radius 3 is 2.89 bits per heavy atom. The van der Waals surface area contributed by atoms with E-state index in [9.17, 15) is 0 Å². The molecule has 1 aliphatic carbocycles. The van der Waals surface area contributed by atoms with Crippen LogP contribution in [0.1, 0.15) is 19.8 Å². The molecule has 0 aromatic rings. The number of ether oxygens (including phenoxy) is 1. The molecular formula is C8H12O. The second-order valence-corrected chi connectivity index (χ2v) is 2.11. The summed E-state index contributed by atoms with van der Waals surface area (Å²) in [5.74, 6) is 0.